The number of carbonyl (C=O) groups is 1. The molecule has 1 unspecified atom stereocenters. The van der Waals surface area contributed by atoms with Crippen molar-refractivity contribution in [3.8, 4) is 0 Å². The van der Waals surface area contributed by atoms with Gasteiger partial charge in [-0.15, -0.1) is 0 Å². The normalized spacial score (nSPS) is 13.1. The van der Waals surface area contributed by atoms with Gasteiger partial charge >= 0.3 is 5.97 Å². The average molecular weight is 276 g/mol. The number of benzene rings is 1. The van der Waals surface area contributed by atoms with Gasteiger partial charge in [0.25, 0.3) is 0 Å². The summed E-state index contributed by atoms with van der Waals surface area (Å²) >= 11 is 0. The Morgan fingerprint density at radius 2 is 2.15 bits per heavy atom. The van der Waals surface area contributed by atoms with Crippen molar-refractivity contribution in [1.29, 1.82) is 0 Å². The highest BCUT2D eigenvalue weighted by Gasteiger charge is 2.33. The zero-order valence-corrected chi connectivity index (χ0v) is 11.9. The van der Waals surface area contributed by atoms with Gasteiger partial charge in [0, 0.05) is 17.9 Å². The Morgan fingerprint density at radius 1 is 1.45 bits per heavy atom. The van der Waals surface area contributed by atoms with Gasteiger partial charge in [-0.1, -0.05) is 35.4 Å². The van der Waals surface area contributed by atoms with Gasteiger partial charge in [0.1, 0.15) is 5.54 Å². The minimum absolute atomic E-state index is 0.301. The third-order valence-corrected chi connectivity index (χ3v) is 3.05. The first-order chi connectivity index (χ1) is 9.62. The van der Waals surface area contributed by atoms with Crippen LogP contribution in [0.1, 0.15) is 18.9 Å². The van der Waals surface area contributed by atoms with Gasteiger partial charge in [0.15, 0.2) is 0 Å². The fourth-order valence-electron chi connectivity index (χ4n) is 1.99. The molecule has 0 radical (unpaired) electrons. The van der Waals surface area contributed by atoms with Crippen LogP contribution in [0.2, 0.25) is 0 Å². The molecule has 6 nitrogen and oxygen atoms in total. The van der Waals surface area contributed by atoms with Crippen molar-refractivity contribution in [3.05, 3.63) is 46.3 Å². The van der Waals surface area contributed by atoms with Gasteiger partial charge < -0.3 is 10.1 Å². The highest BCUT2D eigenvalue weighted by molar-refractivity contribution is 5.80. The smallest absolute Gasteiger partial charge is 0.326 e. The largest absolute Gasteiger partial charge is 0.468 e. The van der Waals surface area contributed by atoms with Crippen LogP contribution in [0.15, 0.2) is 35.4 Å². The van der Waals surface area contributed by atoms with E-state index in [9.17, 15) is 4.79 Å². The summed E-state index contributed by atoms with van der Waals surface area (Å²) in [6.07, 6.45) is 1.22. The zero-order valence-electron chi connectivity index (χ0n) is 11.9. The molecule has 0 spiro atoms. The van der Waals surface area contributed by atoms with Crippen LogP contribution in [0.5, 0.6) is 0 Å². The lowest BCUT2D eigenvalue weighted by molar-refractivity contribution is -0.147. The highest BCUT2D eigenvalue weighted by atomic mass is 16.5. The monoisotopic (exact) mass is 276 g/mol. The lowest BCUT2D eigenvalue weighted by Crippen LogP contribution is -2.52. The molecule has 0 fully saturated rings. The molecule has 1 atom stereocenters. The van der Waals surface area contributed by atoms with Crippen molar-refractivity contribution in [3.63, 3.8) is 0 Å². The first-order valence-corrected chi connectivity index (χ1v) is 6.50. The minimum atomic E-state index is -0.785. The number of carbonyl (C=O) groups excluding carboxylic acids is 1. The number of ether oxygens (including phenoxy) is 1. The van der Waals surface area contributed by atoms with Gasteiger partial charge in [-0.3, -0.25) is 4.79 Å². The summed E-state index contributed by atoms with van der Waals surface area (Å²) in [6, 6.07) is 9.77. The molecule has 1 rings (SSSR count). The zero-order chi connectivity index (χ0) is 14.8. The van der Waals surface area contributed by atoms with E-state index in [1.54, 1.807) is 0 Å². The minimum Gasteiger partial charge on any atom is -0.468 e. The van der Waals surface area contributed by atoms with Crippen molar-refractivity contribution in [2.45, 2.75) is 25.3 Å². The van der Waals surface area contributed by atoms with E-state index in [1.807, 2.05) is 37.3 Å². The molecule has 0 aromatic heterocycles. The molecular formula is C14H20N4O2. The van der Waals surface area contributed by atoms with E-state index in [2.05, 4.69) is 15.3 Å². The van der Waals surface area contributed by atoms with Gasteiger partial charge in [0.05, 0.1) is 7.11 Å². The third kappa shape index (κ3) is 4.91. The summed E-state index contributed by atoms with van der Waals surface area (Å²) in [5.74, 6) is -0.301. The molecule has 0 aliphatic carbocycles. The molecule has 0 aliphatic rings. The quantitative estimate of drug-likeness (QED) is 0.260. The summed E-state index contributed by atoms with van der Waals surface area (Å²) in [7, 11) is 1.38. The second-order valence-electron chi connectivity index (χ2n) is 4.72. The Kier molecular flexibility index (Phi) is 6.56. The first-order valence-electron chi connectivity index (χ1n) is 6.50. The van der Waals surface area contributed by atoms with Crippen LogP contribution in [-0.4, -0.2) is 31.7 Å². The standard InChI is InChI=1S/C14H20N4O2/c1-14(13(19)20-2,16-9-6-10-17-18-15)11-12-7-4-3-5-8-12/h3-5,7-8,16H,6,9-11H2,1-2H3. The fraction of sp³-hybridized carbons (Fsp3) is 0.500. The molecular weight excluding hydrogens is 256 g/mol. The second-order valence-corrected chi connectivity index (χ2v) is 4.72. The summed E-state index contributed by atoms with van der Waals surface area (Å²) in [5.41, 5.74) is 8.48. The molecule has 0 heterocycles. The predicted molar refractivity (Wildman–Crippen MR) is 77.2 cm³/mol. The highest BCUT2D eigenvalue weighted by Crippen LogP contribution is 2.15. The van der Waals surface area contributed by atoms with E-state index in [4.69, 9.17) is 10.3 Å². The second kappa shape index (κ2) is 8.19. The number of rotatable bonds is 8. The maximum absolute atomic E-state index is 12.0. The maximum atomic E-state index is 12.0. The summed E-state index contributed by atoms with van der Waals surface area (Å²) in [4.78, 5) is 14.7. The van der Waals surface area contributed by atoms with Crippen LogP contribution in [0, 0.1) is 0 Å². The van der Waals surface area contributed by atoms with E-state index >= 15 is 0 Å². The number of esters is 1. The van der Waals surface area contributed by atoms with Crippen molar-refractivity contribution in [2.75, 3.05) is 20.2 Å². The SMILES string of the molecule is COC(=O)C(C)(Cc1ccccc1)NCCCN=[N+]=[N-]. The molecule has 0 amide bonds. The van der Waals surface area contributed by atoms with Crippen LogP contribution in [-0.2, 0) is 16.0 Å². The molecule has 0 saturated carbocycles. The number of hydrogen-bond acceptors (Lipinski definition) is 4. The number of nitrogens with one attached hydrogen (secondary N) is 1. The van der Waals surface area contributed by atoms with Crippen molar-refractivity contribution >= 4 is 5.97 Å². The summed E-state index contributed by atoms with van der Waals surface area (Å²) in [5, 5.41) is 6.66. The molecule has 1 aromatic rings. The van der Waals surface area contributed by atoms with Crippen LogP contribution in [0.3, 0.4) is 0 Å². The molecule has 108 valence electrons. The topological polar surface area (TPSA) is 87.1 Å². The van der Waals surface area contributed by atoms with Crippen LogP contribution < -0.4 is 5.32 Å². The average Bonchev–Trinajstić information content (AvgIpc) is 2.47. The Balaban J connectivity index is 2.66. The van der Waals surface area contributed by atoms with E-state index in [-0.39, 0.29) is 5.97 Å². The number of hydrogen-bond donors (Lipinski definition) is 1. The lowest BCUT2D eigenvalue weighted by Gasteiger charge is -2.28. The first kappa shape index (κ1) is 16.0. The van der Waals surface area contributed by atoms with Crippen molar-refractivity contribution in [1.82, 2.24) is 5.32 Å². The van der Waals surface area contributed by atoms with Crippen molar-refractivity contribution < 1.29 is 9.53 Å². The maximum Gasteiger partial charge on any atom is 0.326 e. The van der Waals surface area contributed by atoms with Crippen molar-refractivity contribution in [2.24, 2.45) is 5.11 Å². The molecule has 0 bridgehead atoms. The number of methoxy groups -OCH3 is 1. The van der Waals surface area contributed by atoms with Gasteiger partial charge in [-0.05, 0) is 31.0 Å². The Hall–Kier alpha value is -2.04. The molecule has 0 aliphatic heterocycles. The van der Waals surface area contributed by atoms with Gasteiger partial charge in [0.2, 0.25) is 0 Å². The van der Waals surface area contributed by atoms with Gasteiger partial charge in [-0.25, -0.2) is 0 Å². The molecule has 1 N–H and O–H groups in total. The van der Waals surface area contributed by atoms with E-state index in [0.717, 1.165) is 5.56 Å². The predicted octanol–water partition coefficient (Wildman–Crippen LogP) is 2.45. The fourth-order valence-corrected chi connectivity index (χ4v) is 1.99. The number of azide groups is 1. The molecule has 0 saturated heterocycles. The number of nitrogens with zero attached hydrogens (tertiary/aromatic N) is 3. The Bertz CT molecular complexity index is 471. The molecule has 1 aromatic carbocycles. The summed E-state index contributed by atoms with van der Waals surface area (Å²) < 4.78 is 4.88. The third-order valence-electron chi connectivity index (χ3n) is 3.05. The Labute approximate surface area is 118 Å². The lowest BCUT2D eigenvalue weighted by atomic mass is 9.92. The Morgan fingerprint density at radius 3 is 2.75 bits per heavy atom. The summed E-state index contributed by atoms with van der Waals surface area (Å²) in [6.45, 7) is 2.81. The van der Waals surface area contributed by atoms with E-state index < -0.39 is 5.54 Å². The van der Waals surface area contributed by atoms with Gasteiger partial charge in [-0.2, -0.15) is 0 Å². The van der Waals surface area contributed by atoms with E-state index in [1.165, 1.54) is 7.11 Å². The van der Waals surface area contributed by atoms with E-state index in [0.29, 0.717) is 25.9 Å². The van der Waals surface area contributed by atoms with Crippen LogP contribution >= 0.6 is 0 Å². The molecule has 20 heavy (non-hydrogen) atoms. The van der Waals surface area contributed by atoms with Crippen LogP contribution in [0.25, 0.3) is 10.4 Å². The molecule has 6 heteroatoms. The van der Waals surface area contributed by atoms with Crippen LogP contribution in [0.4, 0.5) is 0 Å².